The van der Waals surface area contributed by atoms with Gasteiger partial charge in [-0.25, -0.2) is 4.98 Å². The first-order valence-electron chi connectivity index (χ1n) is 9.60. The number of amides is 3. The second-order valence-corrected chi connectivity index (χ2v) is 7.05. The van der Waals surface area contributed by atoms with E-state index in [9.17, 15) is 14.4 Å². The standard InChI is InChI=1S/C21H22N4O3/c26-18-9-10-19(27)25(18)16-7-4-6-15(14-16)21(28)23-17-8-5-11-22-20(17)24-12-2-1-3-13-24/h4-8,11,14H,1-3,9-10,12-13H2,(H,23,28). The Hall–Kier alpha value is -3.22. The topological polar surface area (TPSA) is 82.6 Å². The first-order valence-corrected chi connectivity index (χ1v) is 9.60. The molecule has 2 aliphatic rings. The van der Waals surface area contributed by atoms with E-state index in [1.807, 2.05) is 6.07 Å². The van der Waals surface area contributed by atoms with Crippen LogP contribution in [-0.2, 0) is 9.59 Å². The molecular formula is C21H22N4O3. The molecule has 4 rings (SSSR count). The van der Waals surface area contributed by atoms with Gasteiger partial charge < -0.3 is 10.2 Å². The molecule has 0 aliphatic carbocycles. The smallest absolute Gasteiger partial charge is 0.255 e. The second-order valence-electron chi connectivity index (χ2n) is 7.05. The van der Waals surface area contributed by atoms with E-state index in [1.54, 1.807) is 36.5 Å². The maximum atomic E-state index is 12.8. The van der Waals surface area contributed by atoms with Crippen molar-refractivity contribution in [3.05, 3.63) is 48.2 Å². The van der Waals surface area contributed by atoms with Gasteiger partial charge in [0.15, 0.2) is 5.82 Å². The minimum atomic E-state index is -0.299. The van der Waals surface area contributed by atoms with Gasteiger partial charge in [0.05, 0.1) is 11.4 Å². The van der Waals surface area contributed by atoms with Gasteiger partial charge in [-0.2, -0.15) is 0 Å². The van der Waals surface area contributed by atoms with Crippen LogP contribution in [0.1, 0.15) is 42.5 Å². The van der Waals surface area contributed by atoms with E-state index in [1.165, 1.54) is 6.42 Å². The molecule has 2 aromatic rings. The lowest BCUT2D eigenvalue weighted by molar-refractivity contribution is -0.121. The number of piperidine rings is 1. The molecule has 3 heterocycles. The highest BCUT2D eigenvalue weighted by atomic mass is 16.2. The van der Waals surface area contributed by atoms with E-state index in [4.69, 9.17) is 0 Å². The van der Waals surface area contributed by atoms with Gasteiger partial charge in [-0.1, -0.05) is 6.07 Å². The quantitative estimate of drug-likeness (QED) is 0.827. The molecule has 2 fully saturated rings. The molecule has 2 saturated heterocycles. The second kappa shape index (κ2) is 7.80. The Labute approximate surface area is 163 Å². The fraction of sp³-hybridized carbons (Fsp3) is 0.333. The van der Waals surface area contributed by atoms with Crippen LogP contribution in [0, 0.1) is 0 Å². The van der Waals surface area contributed by atoms with Crippen molar-refractivity contribution in [2.75, 3.05) is 28.2 Å². The average molecular weight is 378 g/mol. The minimum Gasteiger partial charge on any atom is -0.355 e. The maximum Gasteiger partial charge on any atom is 0.255 e. The molecule has 0 unspecified atom stereocenters. The summed E-state index contributed by atoms with van der Waals surface area (Å²) in [7, 11) is 0. The van der Waals surface area contributed by atoms with E-state index < -0.39 is 0 Å². The summed E-state index contributed by atoms with van der Waals surface area (Å²) in [6.07, 6.45) is 5.60. The van der Waals surface area contributed by atoms with E-state index in [2.05, 4.69) is 15.2 Å². The van der Waals surface area contributed by atoms with Crippen LogP contribution in [0.2, 0.25) is 0 Å². The number of hydrogen-bond donors (Lipinski definition) is 1. The lowest BCUT2D eigenvalue weighted by Gasteiger charge is -2.29. The van der Waals surface area contributed by atoms with Crippen LogP contribution in [-0.4, -0.2) is 35.8 Å². The zero-order valence-electron chi connectivity index (χ0n) is 15.6. The normalized spacial score (nSPS) is 17.1. The molecule has 0 radical (unpaired) electrons. The number of rotatable bonds is 4. The summed E-state index contributed by atoms with van der Waals surface area (Å²) in [5.74, 6) is 0.00760. The lowest BCUT2D eigenvalue weighted by atomic mass is 10.1. The number of anilines is 3. The molecule has 144 valence electrons. The summed E-state index contributed by atoms with van der Waals surface area (Å²) in [5.41, 5.74) is 1.48. The van der Waals surface area contributed by atoms with Crippen LogP contribution < -0.4 is 15.1 Å². The van der Waals surface area contributed by atoms with Gasteiger partial charge in [0, 0.05) is 37.7 Å². The first-order chi connectivity index (χ1) is 13.6. The Morgan fingerprint density at radius 3 is 2.46 bits per heavy atom. The van der Waals surface area contributed by atoms with Crippen LogP contribution >= 0.6 is 0 Å². The molecule has 2 aliphatic heterocycles. The number of nitrogens with zero attached hydrogens (tertiary/aromatic N) is 3. The van der Waals surface area contributed by atoms with Crippen LogP contribution in [0.4, 0.5) is 17.2 Å². The molecule has 0 spiro atoms. The van der Waals surface area contributed by atoms with E-state index in [0.29, 0.717) is 16.9 Å². The van der Waals surface area contributed by atoms with Crippen molar-refractivity contribution < 1.29 is 14.4 Å². The highest BCUT2D eigenvalue weighted by molar-refractivity contribution is 6.20. The average Bonchev–Trinajstić information content (AvgIpc) is 3.07. The maximum absolute atomic E-state index is 12.8. The number of benzene rings is 1. The largest absolute Gasteiger partial charge is 0.355 e. The van der Waals surface area contributed by atoms with Gasteiger partial charge >= 0.3 is 0 Å². The van der Waals surface area contributed by atoms with Crippen molar-refractivity contribution in [3.63, 3.8) is 0 Å². The van der Waals surface area contributed by atoms with Crippen LogP contribution in [0.3, 0.4) is 0 Å². The molecule has 7 heteroatoms. The summed E-state index contributed by atoms with van der Waals surface area (Å²) in [4.78, 5) is 44.6. The van der Waals surface area contributed by atoms with Gasteiger partial charge in [-0.3, -0.25) is 19.3 Å². The van der Waals surface area contributed by atoms with Gasteiger partial charge in [-0.05, 0) is 49.6 Å². The van der Waals surface area contributed by atoms with Crippen LogP contribution in [0.5, 0.6) is 0 Å². The summed E-state index contributed by atoms with van der Waals surface area (Å²) in [6.45, 7) is 1.85. The van der Waals surface area contributed by atoms with Crippen molar-refractivity contribution in [1.29, 1.82) is 0 Å². The Morgan fingerprint density at radius 1 is 0.964 bits per heavy atom. The van der Waals surface area contributed by atoms with Crippen molar-refractivity contribution in [2.24, 2.45) is 0 Å². The fourth-order valence-corrected chi connectivity index (χ4v) is 3.70. The summed E-state index contributed by atoms with van der Waals surface area (Å²) in [6, 6.07) is 10.2. The lowest BCUT2D eigenvalue weighted by Crippen LogP contribution is -2.31. The van der Waals surface area contributed by atoms with E-state index >= 15 is 0 Å². The Kier molecular flexibility index (Phi) is 5.06. The third kappa shape index (κ3) is 3.60. The van der Waals surface area contributed by atoms with Gasteiger partial charge in [0.2, 0.25) is 11.8 Å². The third-order valence-corrected chi connectivity index (χ3v) is 5.11. The van der Waals surface area contributed by atoms with Crippen LogP contribution in [0.15, 0.2) is 42.6 Å². The molecule has 0 saturated carbocycles. The van der Waals surface area contributed by atoms with Crippen molar-refractivity contribution in [3.8, 4) is 0 Å². The van der Waals surface area contributed by atoms with Crippen molar-refractivity contribution in [1.82, 2.24) is 4.98 Å². The number of carbonyl (C=O) groups excluding carboxylic acids is 3. The molecule has 0 atom stereocenters. The first kappa shape index (κ1) is 18.2. The Bertz CT molecular complexity index is 905. The number of aromatic nitrogens is 1. The molecule has 1 aromatic carbocycles. The monoisotopic (exact) mass is 378 g/mol. The zero-order chi connectivity index (χ0) is 19.5. The Balaban J connectivity index is 1.56. The number of nitrogens with one attached hydrogen (secondary N) is 1. The summed E-state index contributed by atoms with van der Waals surface area (Å²) in [5, 5.41) is 2.93. The van der Waals surface area contributed by atoms with Crippen molar-refractivity contribution >= 4 is 34.9 Å². The van der Waals surface area contributed by atoms with Gasteiger partial charge in [0.25, 0.3) is 5.91 Å². The Morgan fingerprint density at radius 2 is 1.71 bits per heavy atom. The molecule has 7 nitrogen and oxygen atoms in total. The number of hydrogen-bond acceptors (Lipinski definition) is 5. The van der Waals surface area contributed by atoms with Crippen molar-refractivity contribution in [2.45, 2.75) is 32.1 Å². The molecule has 1 aromatic heterocycles. The highest BCUT2D eigenvalue weighted by Gasteiger charge is 2.30. The predicted octanol–water partition coefficient (Wildman–Crippen LogP) is 2.98. The molecule has 3 amide bonds. The van der Waals surface area contributed by atoms with Gasteiger partial charge in [0.1, 0.15) is 0 Å². The molecule has 0 bridgehead atoms. The predicted molar refractivity (Wildman–Crippen MR) is 106 cm³/mol. The number of carbonyl (C=O) groups is 3. The zero-order valence-corrected chi connectivity index (χ0v) is 15.6. The summed E-state index contributed by atoms with van der Waals surface area (Å²) < 4.78 is 0. The summed E-state index contributed by atoms with van der Waals surface area (Å²) >= 11 is 0. The van der Waals surface area contributed by atoms with E-state index in [0.717, 1.165) is 36.6 Å². The SMILES string of the molecule is O=C(Nc1cccnc1N1CCCCC1)c1cccc(N2C(=O)CCC2=O)c1. The highest BCUT2D eigenvalue weighted by Crippen LogP contribution is 2.27. The fourth-order valence-electron chi connectivity index (χ4n) is 3.70. The third-order valence-electron chi connectivity index (χ3n) is 5.11. The van der Waals surface area contributed by atoms with E-state index in [-0.39, 0.29) is 30.6 Å². The van der Waals surface area contributed by atoms with Crippen LogP contribution in [0.25, 0.3) is 0 Å². The molecular weight excluding hydrogens is 356 g/mol. The van der Waals surface area contributed by atoms with Gasteiger partial charge in [-0.15, -0.1) is 0 Å². The number of imide groups is 1. The minimum absolute atomic E-state index is 0.212. The number of pyridine rings is 1. The molecule has 1 N–H and O–H groups in total. The molecule has 28 heavy (non-hydrogen) atoms.